The fourth-order valence-corrected chi connectivity index (χ4v) is 3.48. The lowest BCUT2D eigenvalue weighted by Gasteiger charge is -2.23. The Morgan fingerprint density at radius 3 is 2.48 bits per heavy atom. The summed E-state index contributed by atoms with van der Waals surface area (Å²) in [5.41, 5.74) is 1.99. The minimum absolute atomic E-state index is 0.229. The van der Waals surface area contributed by atoms with E-state index in [2.05, 4.69) is 15.6 Å². The van der Waals surface area contributed by atoms with Crippen LogP contribution in [-0.4, -0.2) is 42.8 Å². The number of carbonyl (C=O) groups is 2. The SMILES string of the molecule is COc1ccc(CNC(=O)[C@@H](Cc2c[nH]c3ccccc23)NC(=O)OC(C)(C)C)c(OC)c1. The van der Waals surface area contributed by atoms with Crippen LogP contribution in [0.2, 0.25) is 0 Å². The van der Waals surface area contributed by atoms with Crippen molar-refractivity contribution in [2.75, 3.05) is 14.2 Å². The van der Waals surface area contributed by atoms with Gasteiger partial charge in [0.05, 0.1) is 14.2 Å². The zero-order valence-corrected chi connectivity index (χ0v) is 19.7. The van der Waals surface area contributed by atoms with Crippen LogP contribution in [0.25, 0.3) is 10.9 Å². The zero-order valence-electron chi connectivity index (χ0n) is 19.7. The molecule has 0 saturated heterocycles. The monoisotopic (exact) mass is 453 g/mol. The molecule has 1 heterocycles. The van der Waals surface area contributed by atoms with Crippen molar-refractivity contribution in [3.63, 3.8) is 0 Å². The number of ether oxygens (including phenoxy) is 3. The highest BCUT2D eigenvalue weighted by Gasteiger charge is 2.25. The largest absolute Gasteiger partial charge is 0.497 e. The lowest BCUT2D eigenvalue weighted by Crippen LogP contribution is -2.49. The van der Waals surface area contributed by atoms with Crippen LogP contribution in [0.3, 0.4) is 0 Å². The third kappa shape index (κ3) is 6.41. The van der Waals surface area contributed by atoms with E-state index < -0.39 is 17.7 Å². The Balaban J connectivity index is 1.77. The topological polar surface area (TPSA) is 102 Å². The molecule has 0 radical (unpaired) electrons. The predicted molar refractivity (Wildman–Crippen MR) is 127 cm³/mol. The molecule has 8 heteroatoms. The lowest BCUT2D eigenvalue weighted by molar-refractivity contribution is -0.123. The first-order chi connectivity index (χ1) is 15.7. The summed E-state index contributed by atoms with van der Waals surface area (Å²) in [7, 11) is 3.14. The molecule has 0 fully saturated rings. The van der Waals surface area contributed by atoms with Gasteiger partial charge in [0, 0.05) is 41.7 Å². The van der Waals surface area contributed by atoms with Crippen molar-refractivity contribution in [2.45, 2.75) is 45.4 Å². The summed E-state index contributed by atoms with van der Waals surface area (Å²) in [4.78, 5) is 28.8. The van der Waals surface area contributed by atoms with Crippen LogP contribution in [0.5, 0.6) is 11.5 Å². The van der Waals surface area contributed by atoms with E-state index in [0.717, 1.165) is 22.0 Å². The van der Waals surface area contributed by atoms with Gasteiger partial charge in [0.15, 0.2) is 0 Å². The van der Waals surface area contributed by atoms with E-state index in [1.165, 1.54) is 0 Å². The number of aromatic amines is 1. The fraction of sp³-hybridized carbons (Fsp3) is 0.360. The second kappa shape index (κ2) is 10.3. The molecule has 8 nitrogen and oxygen atoms in total. The quantitative estimate of drug-likeness (QED) is 0.480. The van der Waals surface area contributed by atoms with Crippen molar-refractivity contribution >= 4 is 22.9 Å². The Kier molecular flexibility index (Phi) is 7.48. The van der Waals surface area contributed by atoms with Crippen LogP contribution in [0.4, 0.5) is 4.79 Å². The number of fused-ring (bicyclic) bond motifs is 1. The standard InChI is InChI=1S/C25H31N3O5/c1-25(2,3)33-24(30)28-21(12-17-15-26-20-9-7-6-8-19(17)20)23(29)27-14-16-10-11-18(31-4)13-22(16)32-5/h6-11,13,15,21,26H,12,14H2,1-5H3,(H,27,29)(H,28,30)/t21-/m1/s1. The number of benzene rings is 2. The van der Waals surface area contributed by atoms with E-state index >= 15 is 0 Å². The third-order valence-corrected chi connectivity index (χ3v) is 5.05. The molecule has 0 aliphatic rings. The van der Waals surface area contributed by atoms with Gasteiger partial charge in [-0.25, -0.2) is 4.79 Å². The second-order valence-corrected chi connectivity index (χ2v) is 8.66. The number of para-hydroxylation sites is 1. The Bertz CT molecular complexity index is 1120. The maximum Gasteiger partial charge on any atom is 0.408 e. The number of methoxy groups -OCH3 is 2. The molecule has 176 valence electrons. The highest BCUT2D eigenvalue weighted by molar-refractivity contribution is 5.88. The number of alkyl carbamates (subject to hydrolysis) is 1. The zero-order chi connectivity index (χ0) is 24.0. The number of H-pyrrole nitrogens is 1. The maximum atomic E-state index is 13.1. The molecule has 0 unspecified atom stereocenters. The number of nitrogens with one attached hydrogen (secondary N) is 3. The molecule has 3 N–H and O–H groups in total. The number of carbonyl (C=O) groups excluding carboxylic acids is 2. The highest BCUT2D eigenvalue weighted by atomic mass is 16.6. The average Bonchev–Trinajstić information content (AvgIpc) is 3.18. The van der Waals surface area contributed by atoms with Gasteiger partial charge in [0.25, 0.3) is 0 Å². The molecule has 0 spiro atoms. The lowest BCUT2D eigenvalue weighted by atomic mass is 10.0. The molecule has 2 amide bonds. The predicted octanol–water partition coefficient (Wildman–Crippen LogP) is 3.94. The number of hydrogen-bond donors (Lipinski definition) is 3. The first kappa shape index (κ1) is 24.0. The Hall–Kier alpha value is -3.68. The number of hydrogen-bond acceptors (Lipinski definition) is 5. The molecule has 3 aromatic rings. The van der Waals surface area contributed by atoms with Gasteiger partial charge in [-0.15, -0.1) is 0 Å². The highest BCUT2D eigenvalue weighted by Crippen LogP contribution is 2.24. The average molecular weight is 454 g/mol. The Labute approximate surface area is 193 Å². The first-order valence-corrected chi connectivity index (χ1v) is 10.7. The van der Waals surface area contributed by atoms with E-state index in [4.69, 9.17) is 14.2 Å². The molecule has 2 aromatic carbocycles. The minimum Gasteiger partial charge on any atom is -0.497 e. The van der Waals surface area contributed by atoms with Crippen LogP contribution in [-0.2, 0) is 22.5 Å². The van der Waals surface area contributed by atoms with Gasteiger partial charge in [0.1, 0.15) is 23.1 Å². The molecular formula is C25H31N3O5. The van der Waals surface area contributed by atoms with E-state index in [0.29, 0.717) is 17.9 Å². The van der Waals surface area contributed by atoms with E-state index in [1.807, 2.05) is 36.5 Å². The van der Waals surface area contributed by atoms with Crippen LogP contribution >= 0.6 is 0 Å². The summed E-state index contributed by atoms with van der Waals surface area (Å²) in [5, 5.41) is 6.62. The van der Waals surface area contributed by atoms with Gasteiger partial charge in [-0.2, -0.15) is 0 Å². The van der Waals surface area contributed by atoms with Gasteiger partial charge in [-0.05, 0) is 44.5 Å². The smallest absolute Gasteiger partial charge is 0.408 e. The Morgan fingerprint density at radius 2 is 1.79 bits per heavy atom. The molecule has 0 saturated carbocycles. The molecule has 3 rings (SSSR count). The van der Waals surface area contributed by atoms with Crippen molar-refractivity contribution in [1.82, 2.24) is 15.6 Å². The number of aromatic nitrogens is 1. The molecule has 0 aliphatic carbocycles. The van der Waals surface area contributed by atoms with Crippen LogP contribution in [0.1, 0.15) is 31.9 Å². The number of amides is 2. The van der Waals surface area contributed by atoms with Crippen LogP contribution in [0.15, 0.2) is 48.7 Å². The van der Waals surface area contributed by atoms with Crippen LogP contribution < -0.4 is 20.1 Å². The van der Waals surface area contributed by atoms with Gasteiger partial charge in [-0.1, -0.05) is 18.2 Å². The molecule has 33 heavy (non-hydrogen) atoms. The normalized spacial score (nSPS) is 12.2. The third-order valence-electron chi connectivity index (χ3n) is 5.05. The van der Waals surface area contributed by atoms with E-state index in [-0.39, 0.29) is 12.5 Å². The van der Waals surface area contributed by atoms with Gasteiger partial charge in [-0.3, -0.25) is 4.79 Å². The van der Waals surface area contributed by atoms with Crippen molar-refractivity contribution in [3.8, 4) is 11.5 Å². The summed E-state index contributed by atoms with van der Waals surface area (Å²) in [6, 6.07) is 12.4. The molecule has 1 atom stereocenters. The van der Waals surface area contributed by atoms with Crippen molar-refractivity contribution in [3.05, 3.63) is 59.8 Å². The molecule has 1 aromatic heterocycles. The fourth-order valence-electron chi connectivity index (χ4n) is 3.48. The molecule has 0 aliphatic heterocycles. The summed E-state index contributed by atoms with van der Waals surface area (Å²) in [6.07, 6.45) is 1.51. The van der Waals surface area contributed by atoms with Crippen LogP contribution in [0, 0.1) is 0 Å². The van der Waals surface area contributed by atoms with E-state index in [1.54, 1.807) is 47.1 Å². The van der Waals surface area contributed by atoms with Gasteiger partial charge >= 0.3 is 6.09 Å². The molecule has 0 bridgehead atoms. The first-order valence-electron chi connectivity index (χ1n) is 10.7. The van der Waals surface area contributed by atoms with Crippen molar-refractivity contribution in [1.29, 1.82) is 0 Å². The Morgan fingerprint density at radius 1 is 1.03 bits per heavy atom. The van der Waals surface area contributed by atoms with Gasteiger partial charge in [0.2, 0.25) is 5.91 Å². The van der Waals surface area contributed by atoms with E-state index in [9.17, 15) is 9.59 Å². The van der Waals surface area contributed by atoms with Crippen molar-refractivity contribution < 1.29 is 23.8 Å². The second-order valence-electron chi connectivity index (χ2n) is 8.66. The maximum absolute atomic E-state index is 13.1. The summed E-state index contributed by atoms with van der Waals surface area (Å²) in [6.45, 7) is 5.55. The number of rotatable bonds is 8. The summed E-state index contributed by atoms with van der Waals surface area (Å²) < 4.78 is 16.0. The summed E-state index contributed by atoms with van der Waals surface area (Å²) >= 11 is 0. The van der Waals surface area contributed by atoms with Gasteiger partial charge < -0.3 is 29.8 Å². The molecular weight excluding hydrogens is 422 g/mol. The minimum atomic E-state index is -0.830. The van der Waals surface area contributed by atoms with Crippen molar-refractivity contribution in [2.24, 2.45) is 0 Å². The summed E-state index contributed by atoms with van der Waals surface area (Å²) in [5.74, 6) is 0.928.